The smallest absolute Gasteiger partial charge is 0.198 e. The average Bonchev–Trinajstić information content (AvgIpc) is 3.40. The van der Waals surface area contributed by atoms with Gasteiger partial charge in [0.25, 0.3) is 0 Å². The second-order valence-corrected chi connectivity index (χ2v) is 7.06. The Morgan fingerprint density at radius 2 is 1.79 bits per heavy atom. The zero-order valence-corrected chi connectivity index (χ0v) is 14.7. The molecule has 24 heavy (non-hydrogen) atoms. The molecule has 1 aliphatic heterocycles. The quantitative estimate of drug-likeness (QED) is 0.796. The van der Waals surface area contributed by atoms with Gasteiger partial charge in [0.2, 0.25) is 0 Å². The van der Waals surface area contributed by atoms with E-state index in [1.54, 1.807) is 0 Å². The Balaban J connectivity index is 1.39. The molecule has 2 aromatic rings. The van der Waals surface area contributed by atoms with Crippen molar-refractivity contribution in [2.75, 3.05) is 31.1 Å². The zero-order valence-electron chi connectivity index (χ0n) is 13.9. The maximum atomic E-state index is 13.0. The number of benzene rings is 1. The van der Waals surface area contributed by atoms with E-state index in [0.29, 0.717) is 5.92 Å². The fraction of sp³-hybridized carbons (Fsp3) is 0.529. The first kappa shape index (κ1) is 15.8. The third kappa shape index (κ3) is 3.10. The molecule has 1 aromatic carbocycles. The van der Waals surface area contributed by atoms with Crippen LogP contribution in [0.25, 0.3) is 0 Å². The molecule has 5 nitrogen and oxygen atoms in total. The zero-order chi connectivity index (χ0) is 16.7. The van der Waals surface area contributed by atoms with Crippen LogP contribution < -0.4 is 4.90 Å². The fourth-order valence-corrected chi connectivity index (χ4v) is 3.47. The Hall–Kier alpha value is -1.73. The second kappa shape index (κ2) is 6.29. The minimum absolute atomic E-state index is 0.187. The van der Waals surface area contributed by atoms with Crippen molar-refractivity contribution in [3.05, 3.63) is 40.7 Å². The molecule has 128 valence electrons. The molecule has 0 bridgehead atoms. The van der Waals surface area contributed by atoms with Gasteiger partial charge in [-0.15, -0.1) is 0 Å². The summed E-state index contributed by atoms with van der Waals surface area (Å²) in [5.41, 5.74) is 1.08. The molecule has 0 amide bonds. The number of halogens is 1. The van der Waals surface area contributed by atoms with Crippen molar-refractivity contribution in [2.24, 2.45) is 7.05 Å². The first-order valence-electron chi connectivity index (χ1n) is 8.48. The Morgan fingerprint density at radius 3 is 2.42 bits per heavy atom. The van der Waals surface area contributed by atoms with Crippen LogP contribution in [0.15, 0.2) is 24.3 Å². The molecule has 2 fully saturated rings. The van der Waals surface area contributed by atoms with E-state index in [9.17, 15) is 4.39 Å². The van der Waals surface area contributed by atoms with E-state index in [1.165, 1.54) is 25.0 Å². The molecular weight excluding hydrogens is 325 g/mol. The highest BCUT2D eigenvalue weighted by molar-refractivity contribution is 7.71. The van der Waals surface area contributed by atoms with Crippen molar-refractivity contribution in [3.8, 4) is 0 Å². The van der Waals surface area contributed by atoms with Gasteiger partial charge in [0, 0.05) is 44.8 Å². The summed E-state index contributed by atoms with van der Waals surface area (Å²) in [4.78, 5) is 4.67. The molecule has 2 aliphatic rings. The maximum absolute atomic E-state index is 13.0. The van der Waals surface area contributed by atoms with Crippen molar-refractivity contribution in [1.29, 1.82) is 0 Å². The Bertz CT molecular complexity index is 769. The van der Waals surface area contributed by atoms with Crippen LogP contribution in [-0.4, -0.2) is 45.4 Å². The van der Waals surface area contributed by atoms with Crippen molar-refractivity contribution in [3.63, 3.8) is 0 Å². The summed E-state index contributed by atoms with van der Waals surface area (Å²) in [6, 6.07) is 6.74. The standard InChI is InChI=1S/C17H22FN5S/c1-20-16(13-2-3-13)19-23(17(20)24)12-21-8-10-22(11-9-21)15-6-4-14(18)5-7-15/h4-7,13H,2-3,8-12H2,1H3. The molecule has 1 saturated heterocycles. The van der Waals surface area contributed by atoms with E-state index in [4.69, 9.17) is 17.3 Å². The van der Waals surface area contributed by atoms with Gasteiger partial charge in [-0.2, -0.15) is 5.10 Å². The summed E-state index contributed by atoms with van der Waals surface area (Å²) in [6.07, 6.45) is 2.46. The lowest BCUT2D eigenvalue weighted by Crippen LogP contribution is -2.47. The van der Waals surface area contributed by atoms with E-state index in [2.05, 4.69) is 14.4 Å². The minimum Gasteiger partial charge on any atom is -0.369 e. The lowest BCUT2D eigenvalue weighted by Gasteiger charge is -2.35. The van der Waals surface area contributed by atoms with E-state index >= 15 is 0 Å². The van der Waals surface area contributed by atoms with Crippen molar-refractivity contribution >= 4 is 17.9 Å². The number of aromatic nitrogens is 3. The second-order valence-electron chi connectivity index (χ2n) is 6.70. The van der Waals surface area contributed by atoms with Crippen LogP contribution in [0, 0.1) is 10.6 Å². The van der Waals surface area contributed by atoms with Crippen LogP contribution in [0.5, 0.6) is 0 Å². The first-order valence-corrected chi connectivity index (χ1v) is 8.89. The molecule has 1 aliphatic carbocycles. The fourth-order valence-electron chi connectivity index (χ4n) is 3.28. The highest BCUT2D eigenvalue weighted by Gasteiger charge is 2.29. The summed E-state index contributed by atoms with van der Waals surface area (Å²) >= 11 is 5.53. The monoisotopic (exact) mass is 347 g/mol. The van der Waals surface area contributed by atoms with Gasteiger partial charge in [-0.05, 0) is 49.3 Å². The predicted octanol–water partition coefficient (Wildman–Crippen LogP) is 2.75. The van der Waals surface area contributed by atoms with Gasteiger partial charge in [0.1, 0.15) is 11.6 Å². The van der Waals surface area contributed by atoms with Crippen LogP contribution in [-0.2, 0) is 13.7 Å². The van der Waals surface area contributed by atoms with E-state index in [-0.39, 0.29) is 5.82 Å². The van der Waals surface area contributed by atoms with Crippen LogP contribution >= 0.6 is 12.2 Å². The van der Waals surface area contributed by atoms with Gasteiger partial charge in [-0.25, -0.2) is 9.07 Å². The maximum Gasteiger partial charge on any atom is 0.198 e. The van der Waals surface area contributed by atoms with Crippen LogP contribution in [0.3, 0.4) is 0 Å². The van der Waals surface area contributed by atoms with Crippen LogP contribution in [0.2, 0.25) is 0 Å². The number of piperazine rings is 1. The molecule has 4 rings (SSSR count). The largest absolute Gasteiger partial charge is 0.369 e. The predicted molar refractivity (Wildman–Crippen MR) is 94.2 cm³/mol. The third-order valence-corrected chi connectivity index (χ3v) is 5.40. The molecule has 1 saturated carbocycles. The lowest BCUT2D eigenvalue weighted by molar-refractivity contribution is 0.194. The van der Waals surface area contributed by atoms with Crippen LogP contribution in [0.4, 0.5) is 10.1 Å². The average molecular weight is 347 g/mol. The Kier molecular flexibility index (Phi) is 4.14. The van der Waals surface area contributed by atoms with E-state index in [0.717, 1.165) is 49.1 Å². The topological polar surface area (TPSA) is 29.2 Å². The lowest BCUT2D eigenvalue weighted by atomic mass is 10.2. The third-order valence-electron chi connectivity index (χ3n) is 4.92. The first-order chi connectivity index (χ1) is 11.6. The molecule has 2 heterocycles. The van der Waals surface area contributed by atoms with E-state index < -0.39 is 0 Å². The number of nitrogens with zero attached hydrogens (tertiary/aromatic N) is 5. The number of anilines is 1. The molecule has 7 heteroatoms. The summed E-state index contributed by atoms with van der Waals surface area (Å²) in [5.74, 6) is 1.55. The highest BCUT2D eigenvalue weighted by atomic mass is 32.1. The summed E-state index contributed by atoms with van der Waals surface area (Å²) in [5, 5.41) is 4.73. The Labute approximate surface area is 146 Å². The number of hydrogen-bond acceptors (Lipinski definition) is 4. The van der Waals surface area contributed by atoms with Gasteiger partial charge in [-0.1, -0.05) is 0 Å². The molecule has 0 N–H and O–H groups in total. The molecule has 0 atom stereocenters. The SMILES string of the molecule is Cn1c(C2CC2)nn(CN2CCN(c3ccc(F)cc3)CC2)c1=S. The van der Waals surface area contributed by atoms with Gasteiger partial charge in [0.15, 0.2) is 4.77 Å². The molecule has 1 aromatic heterocycles. The van der Waals surface area contributed by atoms with Gasteiger partial charge in [-0.3, -0.25) is 4.90 Å². The van der Waals surface area contributed by atoms with Crippen molar-refractivity contribution in [2.45, 2.75) is 25.4 Å². The number of hydrogen-bond donors (Lipinski definition) is 0. The molecular formula is C17H22FN5S. The highest BCUT2D eigenvalue weighted by Crippen LogP contribution is 2.38. The Morgan fingerprint density at radius 1 is 1.12 bits per heavy atom. The van der Waals surface area contributed by atoms with Crippen molar-refractivity contribution in [1.82, 2.24) is 19.2 Å². The molecule has 0 unspecified atom stereocenters. The summed E-state index contributed by atoms with van der Waals surface area (Å²) in [6.45, 7) is 4.52. The van der Waals surface area contributed by atoms with Gasteiger partial charge < -0.3 is 9.47 Å². The van der Waals surface area contributed by atoms with Gasteiger partial charge in [0.05, 0.1) is 6.67 Å². The molecule has 0 radical (unpaired) electrons. The number of rotatable bonds is 4. The van der Waals surface area contributed by atoms with Crippen molar-refractivity contribution < 1.29 is 4.39 Å². The molecule has 0 spiro atoms. The minimum atomic E-state index is -0.187. The van der Waals surface area contributed by atoms with Gasteiger partial charge >= 0.3 is 0 Å². The normalized spacial score (nSPS) is 19.0. The van der Waals surface area contributed by atoms with E-state index in [1.807, 2.05) is 23.9 Å². The summed E-state index contributed by atoms with van der Waals surface area (Å²) < 4.78 is 17.9. The summed E-state index contributed by atoms with van der Waals surface area (Å²) in [7, 11) is 2.02. The van der Waals surface area contributed by atoms with Crippen LogP contribution in [0.1, 0.15) is 24.6 Å².